The van der Waals surface area contributed by atoms with Crippen LogP contribution in [0.1, 0.15) is 75.3 Å². The van der Waals surface area contributed by atoms with E-state index in [9.17, 15) is 0 Å². The zero-order chi connectivity index (χ0) is 38.9. The number of benzene rings is 8. The molecule has 0 N–H and O–H groups in total. The predicted octanol–water partition coefficient (Wildman–Crippen LogP) is 14.6. The first-order valence-corrected chi connectivity index (χ1v) is 20.8. The standard InChI is InChI=1S/C56H45NO/c1-35-23-29-48(42-15-6-4-13-40(35)42)52(49-30-24-36(2)41-14-5-7-16-43(41)49)32-38-33-54-56(55(34-38)58-3)50-21-12-22-53(50)57(54)39-27-25-37(26-28-39)31-51-46-19-10-8-17-44(46)45-18-9-11-20-47(45)51/h4-11,13-20,23-34,50,53H,12,21-22H2,1-3H3. The Hall–Kier alpha value is -6.64. The summed E-state index contributed by atoms with van der Waals surface area (Å²) in [5.74, 6) is 1.43. The van der Waals surface area contributed by atoms with Crippen molar-refractivity contribution in [2.45, 2.75) is 45.1 Å². The van der Waals surface area contributed by atoms with Gasteiger partial charge < -0.3 is 9.64 Å². The molecule has 8 aromatic carbocycles. The fraction of sp³-hybridized carbons (Fsp3) is 0.143. The van der Waals surface area contributed by atoms with E-state index >= 15 is 0 Å². The van der Waals surface area contributed by atoms with Gasteiger partial charge in [-0.15, -0.1) is 0 Å². The van der Waals surface area contributed by atoms with Crippen LogP contribution in [0.15, 0.2) is 158 Å². The predicted molar refractivity (Wildman–Crippen MR) is 245 cm³/mol. The van der Waals surface area contributed by atoms with Crippen LogP contribution in [0.4, 0.5) is 11.4 Å². The van der Waals surface area contributed by atoms with E-state index in [1.165, 1.54) is 119 Å². The summed E-state index contributed by atoms with van der Waals surface area (Å²) in [6.07, 6.45) is 8.35. The highest BCUT2D eigenvalue weighted by molar-refractivity contribution is 6.10. The van der Waals surface area contributed by atoms with Crippen molar-refractivity contribution < 1.29 is 4.74 Å². The van der Waals surface area contributed by atoms with Crippen LogP contribution in [0.2, 0.25) is 0 Å². The van der Waals surface area contributed by atoms with Crippen LogP contribution in [0.5, 0.6) is 5.75 Å². The molecule has 0 radical (unpaired) electrons. The first kappa shape index (κ1) is 34.6. The van der Waals surface area contributed by atoms with Gasteiger partial charge in [-0.1, -0.05) is 140 Å². The summed E-state index contributed by atoms with van der Waals surface area (Å²) in [7, 11) is 1.85. The van der Waals surface area contributed by atoms with Gasteiger partial charge in [0.05, 0.1) is 7.11 Å². The Balaban J connectivity index is 1.06. The van der Waals surface area contributed by atoms with E-state index < -0.39 is 0 Å². The summed E-state index contributed by atoms with van der Waals surface area (Å²) in [6, 6.07) is 58.9. The Labute approximate surface area is 341 Å². The molecular weight excluding hydrogens is 703 g/mol. The molecule has 0 aromatic heterocycles. The van der Waals surface area contributed by atoms with Gasteiger partial charge >= 0.3 is 0 Å². The van der Waals surface area contributed by atoms with Crippen molar-refractivity contribution >= 4 is 56.2 Å². The number of rotatable bonds is 6. The first-order valence-electron chi connectivity index (χ1n) is 20.8. The maximum Gasteiger partial charge on any atom is 0.125 e. The third-order valence-electron chi connectivity index (χ3n) is 13.2. The van der Waals surface area contributed by atoms with Crippen LogP contribution < -0.4 is 9.64 Å². The van der Waals surface area contributed by atoms with E-state index in [0.717, 1.165) is 11.3 Å². The Morgan fingerprint density at radius 2 is 1.12 bits per heavy atom. The number of fused-ring (bicyclic) bond motifs is 8. The minimum absolute atomic E-state index is 0.405. The molecule has 2 aliphatic carbocycles. The Morgan fingerprint density at radius 3 is 1.71 bits per heavy atom. The number of methoxy groups -OCH3 is 1. The molecular formula is C56H45NO. The quantitative estimate of drug-likeness (QED) is 0.157. The topological polar surface area (TPSA) is 12.5 Å². The minimum Gasteiger partial charge on any atom is -0.496 e. The van der Waals surface area contributed by atoms with E-state index in [0.29, 0.717) is 12.0 Å². The molecule has 8 aromatic rings. The number of aryl methyl sites for hydroxylation is 2. The Bertz CT molecular complexity index is 2870. The van der Waals surface area contributed by atoms with Crippen molar-refractivity contribution in [1.82, 2.24) is 0 Å². The second kappa shape index (κ2) is 13.8. The SMILES string of the molecule is COc1cc(C=C(c2ccc(C)c3ccccc23)c2ccc(C)c3ccccc23)cc2c1C1CCCC1N2c1ccc(C=C2c3ccccc3-c3ccccc32)cc1. The molecule has 1 saturated carbocycles. The second-order valence-electron chi connectivity index (χ2n) is 16.4. The van der Waals surface area contributed by atoms with Crippen LogP contribution in [-0.2, 0) is 0 Å². The summed E-state index contributed by atoms with van der Waals surface area (Å²) in [5, 5.41) is 5.10. The van der Waals surface area contributed by atoms with Crippen LogP contribution in [0.3, 0.4) is 0 Å². The molecule has 1 fully saturated rings. The zero-order valence-corrected chi connectivity index (χ0v) is 33.3. The molecule has 0 amide bonds. The lowest BCUT2D eigenvalue weighted by molar-refractivity contribution is 0.406. The maximum absolute atomic E-state index is 6.34. The van der Waals surface area contributed by atoms with Crippen LogP contribution in [0, 0.1) is 13.8 Å². The average molecular weight is 748 g/mol. The fourth-order valence-corrected chi connectivity index (χ4v) is 10.5. The molecule has 2 heteroatoms. The Kier molecular flexibility index (Phi) is 8.22. The van der Waals surface area contributed by atoms with Gasteiger partial charge in [0.25, 0.3) is 0 Å². The van der Waals surface area contributed by atoms with Gasteiger partial charge in [-0.25, -0.2) is 0 Å². The monoisotopic (exact) mass is 747 g/mol. The van der Waals surface area contributed by atoms with Gasteiger partial charge in [-0.2, -0.15) is 0 Å². The van der Waals surface area contributed by atoms with Gasteiger partial charge in [-0.05, 0) is 151 Å². The van der Waals surface area contributed by atoms with Gasteiger partial charge in [0.15, 0.2) is 0 Å². The van der Waals surface area contributed by atoms with Crippen molar-refractivity contribution in [3.05, 3.63) is 208 Å². The molecule has 58 heavy (non-hydrogen) atoms. The highest BCUT2D eigenvalue weighted by Gasteiger charge is 2.44. The number of nitrogens with zero attached hydrogens (tertiary/aromatic N) is 1. The number of hydrogen-bond donors (Lipinski definition) is 0. The number of ether oxygens (including phenoxy) is 1. The molecule has 0 bridgehead atoms. The van der Waals surface area contributed by atoms with Crippen LogP contribution in [0.25, 0.3) is 56.0 Å². The summed E-state index contributed by atoms with van der Waals surface area (Å²) in [6.45, 7) is 4.42. The third kappa shape index (κ3) is 5.46. The van der Waals surface area contributed by atoms with Gasteiger partial charge in [0.2, 0.25) is 0 Å². The van der Waals surface area contributed by atoms with Crippen molar-refractivity contribution in [3.63, 3.8) is 0 Å². The van der Waals surface area contributed by atoms with E-state index in [2.05, 4.69) is 189 Å². The van der Waals surface area contributed by atoms with Gasteiger partial charge in [-0.3, -0.25) is 0 Å². The molecule has 0 saturated heterocycles. The van der Waals surface area contributed by atoms with Gasteiger partial charge in [0.1, 0.15) is 5.75 Å². The second-order valence-corrected chi connectivity index (χ2v) is 16.4. The van der Waals surface area contributed by atoms with Crippen molar-refractivity contribution in [3.8, 4) is 16.9 Å². The lowest BCUT2D eigenvalue weighted by atomic mass is 9.87. The lowest BCUT2D eigenvalue weighted by Crippen LogP contribution is -2.26. The molecule has 1 aliphatic heterocycles. The summed E-state index contributed by atoms with van der Waals surface area (Å²) >= 11 is 0. The number of anilines is 2. The number of hydrogen-bond acceptors (Lipinski definition) is 2. The third-order valence-corrected chi connectivity index (χ3v) is 13.2. The largest absolute Gasteiger partial charge is 0.496 e. The molecule has 280 valence electrons. The van der Waals surface area contributed by atoms with Crippen molar-refractivity contribution in [2.24, 2.45) is 0 Å². The highest BCUT2D eigenvalue weighted by atomic mass is 16.5. The zero-order valence-electron chi connectivity index (χ0n) is 33.3. The fourth-order valence-electron chi connectivity index (χ4n) is 10.5. The van der Waals surface area contributed by atoms with E-state index in [-0.39, 0.29) is 0 Å². The van der Waals surface area contributed by atoms with E-state index in [1.54, 1.807) is 0 Å². The first-order chi connectivity index (χ1) is 28.6. The smallest absolute Gasteiger partial charge is 0.125 e. The lowest BCUT2D eigenvalue weighted by Gasteiger charge is -2.27. The van der Waals surface area contributed by atoms with Crippen molar-refractivity contribution in [1.29, 1.82) is 0 Å². The minimum atomic E-state index is 0.405. The molecule has 2 unspecified atom stereocenters. The Morgan fingerprint density at radius 1 is 0.569 bits per heavy atom. The van der Waals surface area contributed by atoms with Crippen molar-refractivity contribution in [2.75, 3.05) is 12.0 Å². The summed E-state index contributed by atoms with van der Waals surface area (Å²) in [5.41, 5.74) is 19.0. The van der Waals surface area contributed by atoms with E-state index in [4.69, 9.17) is 4.74 Å². The molecule has 2 nitrogen and oxygen atoms in total. The molecule has 11 rings (SSSR count). The van der Waals surface area contributed by atoms with Crippen LogP contribution >= 0.6 is 0 Å². The van der Waals surface area contributed by atoms with Crippen LogP contribution in [-0.4, -0.2) is 13.2 Å². The summed E-state index contributed by atoms with van der Waals surface area (Å²) in [4.78, 5) is 2.63. The highest BCUT2D eigenvalue weighted by Crippen LogP contribution is 2.56. The molecule has 2 atom stereocenters. The van der Waals surface area contributed by atoms with Gasteiger partial charge in [0, 0.05) is 28.9 Å². The molecule has 1 heterocycles. The average Bonchev–Trinajstić information content (AvgIpc) is 3.95. The maximum atomic E-state index is 6.34. The molecule has 0 spiro atoms. The normalized spacial score (nSPS) is 16.3. The summed E-state index contributed by atoms with van der Waals surface area (Å²) < 4.78 is 6.34. The van der Waals surface area contributed by atoms with E-state index in [1.807, 2.05) is 7.11 Å². The molecule has 3 aliphatic rings.